The van der Waals surface area contributed by atoms with Crippen LogP contribution in [0.25, 0.3) is 5.57 Å². The van der Waals surface area contributed by atoms with Gasteiger partial charge in [0.25, 0.3) is 5.56 Å². The number of aliphatic hydroxyl groups is 1. The number of aliphatic hydroxyl groups excluding tert-OH is 1. The van der Waals surface area contributed by atoms with E-state index >= 15 is 0 Å². The van der Waals surface area contributed by atoms with Gasteiger partial charge in [0.05, 0.1) is 18.0 Å². The standard InChI is InChI=1S/C26H29N3O4/c1-16(31)29-22-14-28-21(12-11-19(26(28)33)18-9-5-6-10-18)24(29)23(20(22)15-30)25(32)27-13-17-7-3-2-4-8-17/h2-4,7-9,11-12,20,22-24,30H,5-6,10,13-15H2,1H3,(H,27,32)/t20-,22-,23+,24+/m1/s1. The highest BCUT2D eigenvalue weighted by Crippen LogP contribution is 2.48. The monoisotopic (exact) mass is 447 g/mol. The molecule has 4 atom stereocenters. The molecule has 2 aromatic rings. The number of allylic oxidation sites excluding steroid dienone is 2. The molecule has 5 rings (SSSR count). The molecule has 1 saturated heterocycles. The largest absolute Gasteiger partial charge is 0.396 e. The number of aromatic nitrogens is 1. The Labute approximate surface area is 192 Å². The van der Waals surface area contributed by atoms with Gasteiger partial charge in [-0.2, -0.15) is 0 Å². The van der Waals surface area contributed by atoms with E-state index in [1.54, 1.807) is 9.47 Å². The van der Waals surface area contributed by atoms with E-state index in [1.165, 1.54) is 6.92 Å². The molecule has 0 unspecified atom stereocenters. The number of carbonyl (C=O) groups excluding carboxylic acids is 2. The van der Waals surface area contributed by atoms with E-state index in [9.17, 15) is 19.5 Å². The second-order valence-corrected chi connectivity index (χ2v) is 9.22. The van der Waals surface area contributed by atoms with E-state index in [0.717, 1.165) is 30.4 Å². The lowest BCUT2D eigenvalue weighted by molar-refractivity contribution is -0.134. The fourth-order valence-corrected chi connectivity index (χ4v) is 5.90. The van der Waals surface area contributed by atoms with Crippen LogP contribution in [-0.4, -0.2) is 39.0 Å². The second kappa shape index (κ2) is 8.63. The van der Waals surface area contributed by atoms with Gasteiger partial charge in [0, 0.05) is 43.8 Å². The minimum Gasteiger partial charge on any atom is -0.396 e. The van der Waals surface area contributed by atoms with Crippen LogP contribution in [0, 0.1) is 11.8 Å². The first-order valence-corrected chi connectivity index (χ1v) is 11.7. The summed E-state index contributed by atoms with van der Waals surface area (Å²) >= 11 is 0. The van der Waals surface area contributed by atoms with Gasteiger partial charge in [0.2, 0.25) is 11.8 Å². The molecular weight excluding hydrogens is 418 g/mol. The van der Waals surface area contributed by atoms with Crippen molar-refractivity contribution in [2.24, 2.45) is 11.8 Å². The quantitative estimate of drug-likeness (QED) is 0.736. The maximum atomic E-state index is 13.4. The molecule has 0 radical (unpaired) electrons. The van der Waals surface area contributed by atoms with E-state index in [-0.39, 0.29) is 24.0 Å². The van der Waals surface area contributed by atoms with Gasteiger partial charge in [-0.25, -0.2) is 0 Å². The molecule has 2 amide bonds. The number of rotatable bonds is 5. The first-order chi connectivity index (χ1) is 16.0. The zero-order valence-electron chi connectivity index (χ0n) is 18.7. The molecule has 2 aliphatic heterocycles. The van der Waals surface area contributed by atoms with Gasteiger partial charge >= 0.3 is 0 Å². The normalized spacial score (nSPS) is 25.5. The zero-order valence-corrected chi connectivity index (χ0v) is 18.7. The number of hydrogen-bond acceptors (Lipinski definition) is 4. The predicted molar refractivity (Wildman–Crippen MR) is 124 cm³/mol. The lowest BCUT2D eigenvalue weighted by Crippen LogP contribution is -2.48. The third-order valence-electron chi connectivity index (χ3n) is 7.41. The molecule has 1 fully saturated rings. The average Bonchev–Trinajstić information content (AvgIpc) is 3.43. The van der Waals surface area contributed by atoms with E-state index in [0.29, 0.717) is 24.3 Å². The maximum Gasteiger partial charge on any atom is 0.258 e. The van der Waals surface area contributed by atoms with Crippen molar-refractivity contribution in [3.8, 4) is 0 Å². The van der Waals surface area contributed by atoms with Crippen molar-refractivity contribution in [1.82, 2.24) is 14.8 Å². The zero-order chi connectivity index (χ0) is 23.1. The van der Waals surface area contributed by atoms with Crippen molar-refractivity contribution in [2.75, 3.05) is 6.61 Å². The van der Waals surface area contributed by atoms with Gasteiger partial charge in [-0.1, -0.05) is 36.4 Å². The average molecular weight is 448 g/mol. The van der Waals surface area contributed by atoms with E-state index in [2.05, 4.69) is 11.4 Å². The third kappa shape index (κ3) is 3.60. The topological polar surface area (TPSA) is 91.6 Å². The summed E-state index contributed by atoms with van der Waals surface area (Å²) in [7, 11) is 0. The van der Waals surface area contributed by atoms with E-state index in [1.807, 2.05) is 42.5 Å². The predicted octanol–water partition coefficient (Wildman–Crippen LogP) is 2.24. The molecular formula is C26H29N3O4. The number of nitrogens with zero attached hydrogens (tertiary/aromatic N) is 2. The second-order valence-electron chi connectivity index (χ2n) is 9.22. The third-order valence-corrected chi connectivity index (χ3v) is 7.41. The molecule has 3 heterocycles. The number of benzene rings is 1. The Bertz CT molecular complexity index is 1170. The van der Waals surface area contributed by atoms with Crippen LogP contribution >= 0.6 is 0 Å². The Morgan fingerprint density at radius 1 is 1.15 bits per heavy atom. The lowest BCUT2D eigenvalue weighted by atomic mass is 9.86. The van der Waals surface area contributed by atoms with Crippen LogP contribution in [0.1, 0.15) is 49.0 Å². The Morgan fingerprint density at radius 3 is 2.61 bits per heavy atom. The molecule has 3 aliphatic rings. The van der Waals surface area contributed by atoms with Crippen LogP contribution in [0.4, 0.5) is 0 Å². The van der Waals surface area contributed by atoms with Crippen molar-refractivity contribution in [1.29, 1.82) is 0 Å². The summed E-state index contributed by atoms with van der Waals surface area (Å²) in [6.07, 6.45) is 5.05. The van der Waals surface area contributed by atoms with E-state index < -0.39 is 23.9 Å². The van der Waals surface area contributed by atoms with Gasteiger partial charge < -0.3 is 19.9 Å². The first kappa shape index (κ1) is 21.6. The van der Waals surface area contributed by atoms with Crippen molar-refractivity contribution >= 4 is 17.4 Å². The van der Waals surface area contributed by atoms with Gasteiger partial charge in [0.1, 0.15) is 0 Å². The number of pyridine rings is 1. The molecule has 0 spiro atoms. The fourth-order valence-electron chi connectivity index (χ4n) is 5.90. The molecule has 0 saturated carbocycles. The van der Waals surface area contributed by atoms with Crippen LogP contribution < -0.4 is 10.9 Å². The molecule has 7 heteroatoms. The van der Waals surface area contributed by atoms with Crippen molar-refractivity contribution in [2.45, 2.75) is 51.4 Å². The van der Waals surface area contributed by atoms with Gasteiger partial charge in [-0.3, -0.25) is 14.4 Å². The Hall–Kier alpha value is -3.19. The SMILES string of the molecule is CC(=O)N1[C@@H]2Cn3c(ccc(C4=CCCC4)c3=O)[C@H]1[C@@H](C(=O)NCc1ccccc1)[C@@H]2CO. The summed E-state index contributed by atoms with van der Waals surface area (Å²) in [5.41, 5.74) is 3.36. The number of amides is 2. The first-order valence-electron chi connectivity index (χ1n) is 11.7. The molecule has 2 bridgehead atoms. The molecule has 2 N–H and O–H groups in total. The molecule has 172 valence electrons. The number of nitrogens with one attached hydrogen (secondary N) is 1. The molecule has 1 aromatic carbocycles. The maximum absolute atomic E-state index is 13.4. The highest BCUT2D eigenvalue weighted by atomic mass is 16.3. The summed E-state index contributed by atoms with van der Waals surface area (Å²) in [6, 6.07) is 12.4. The van der Waals surface area contributed by atoms with Crippen molar-refractivity contribution < 1.29 is 14.7 Å². The Balaban J connectivity index is 1.53. The molecule has 1 aromatic heterocycles. The smallest absolute Gasteiger partial charge is 0.258 e. The summed E-state index contributed by atoms with van der Waals surface area (Å²) in [6.45, 7) is 1.92. The Morgan fingerprint density at radius 2 is 1.94 bits per heavy atom. The van der Waals surface area contributed by atoms with Crippen molar-refractivity contribution in [3.63, 3.8) is 0 Å². The minimum atomic E-state index is -0.627. The van der Waals surface area contributed by atoms with E-state index in [4.69, 9.17) is 0 Å². The summed E-state index contributed by atoms with van der Waals surface area (Å²) < 4.78 is 1.73. The van der Waals surface area contributed by atoms with Gasteiger partial charge in [-0.15, -0.1) is 0 Å². The van der Waals surface area contributed by atoms with Crippen LogP contribution in [0.15, 0.2) is 53.3 Å². The van der Waals surface area contributed by atoms with Gasteiger partial charge in [-0.05, 0) is 42.5 Å². The highest BCUT2D eigenvalue weighted by molar-refractivity contribution is 5.83. The van der Waals surface area contributed by atoms with Crippen LogP contribution in [0.5, 0.6) is 0 Å². The molecule has 1 aliphatic carbocycles. The van der Waals surface area contributed by atoms with Crippen LogP contribution in [-0.2, 0) is 22.7 Å². The minimum absolute atomic E-state index is 0.0686. The summed E-state index contributed by atoms with van der Waals surface area (Å²) in [4.78, 5) is 41.2. The van der Waals surface area contributed by atoms with Gasteiger partial charge in [0.15, 0.2) is 0 Å². The lowest BCUT2D eigenvalue weighted by Gasteiger charge is -2.37. The highest BCUT2D eigenvalue weighted by Gasteiger charge is 2.56. The molecule has 7 nitrogen and oxygen atoms in total. The summed E-state index contributed by atoms with van der Waals surface area (Å²) in [5, 5.41) is 13.3. The van der Waals surface area contributed by atoms with Crippen LogP contribution in [0.3, 0.4) is 0 Å². The number of carbonyl (C=O) groups is 2. The fraction of sp³-hybridized carbons (Fsp3) is 0.423. The Kier molecular flexibility index (Phi) is 5.66. The number of hydrogen-bond donors (Lipinski definition) is 2. The number of fused-ring (bicyclic) bond motifs is 4. The molecule has 33 heavy (non-hydrogen) atoms. The summed E-state index contributed by atoms with van der Waals surface area (Å²) in [5.74, 6) is -1.43. The van der Waals surface area contributed by atoms with Crippen molar-refractivity contribution in [3.05, 3.63) is 75.7 Å². The van der Waals surface area contributed by atoms with Crippen LogP contribution in [0.2, 0.25) is 0 Å².